The Morgan fingerprint density at radius 2 is 1.60 bits per heavy atom. The van der Waals surface area contributed by atoms with Gasteiger partial charge in [0.15, 0.2) is 0 Å². The maximum Gasteiger partial charge on any atom is 0.300 e. The van der Waals surface area contributed by atoms with Crippen LogP contribution in [0.2, 0.25) is 0 Å². The van der Waals surface area contributed by atoms with E-state index in [9.17, 15) is 19.5 Å². The van der Waals surface area contributed by atoms with Crippen LogP contribution in [0.15, 0.2) is 72.3 Å². The maximum atomic E-state index is 13.5. The minimum Gasteiger partial charge on any atom is -0.507 e. The molecule has 3 aromatic rings. The number of nitrogens with zero attached hydrogens (tertiary/aromatic N) is 1. The van der Waals surface area contributed by atoms with Crippen LogP contribution < -0.4 is 15.0 Å². The monoisotopic (exact) mass is 540 g/mol. The van der Waals surface area contributed by atoms with Crippen LogP contribution >= 0.6 is 0 Å². The molecule has 0 aliphatic carbocycles. The van der Waals surface area contributed by atoms with Crippen LogP contribution in [0, 0.1) is 6.92 Å². The van der Waals surface area contributed by atoms with E-state index in [-0.39, 0.29) is 28.8 Å². The summed E-state index contributed by atoms with van der Waals surface area (Å²) < 4.78 is 5.83. The number of aryl methyl sites for hydroxylation is 1. The van der Waals surface area contributed by atoms with E-state index in [1.54, 1.807) is 42.5 Å². The standard InChI is InChI=1S/C33H36N2O5/c1-19(2)40-27-17-10-23(18-20(27)3)30(37)28-29(22-8-11-24(12-9-22)33(5,6)7)35(32(39)31(28)38)26-15-13-25(14-16-26)34-21(4)36/h8-19,29,37H,1-7H3,(H,34,36)/b30-28-. The van der Waals surface area contributed by atoms with E-state index in [4.69, 9.17) is 4.74 Å². The number of ether oxygens (including phenoxy) is 1. The first-order chi connectivity index (χ1) is 18.8. The summed E-state index contributed by atoms with van der Waals surface area (Å²) in [5, 5.41) is 14.2. The van der Waals surface area contributed by atoms with Crippen LogP contribution in [0.1, 0.15) is 69.8 Å². The van der Waals surface area contributed by atoms with E-state index < -0.39 is 17.7 Å². The number of aliphatic hydroxyl groups is 1. The van der Waals surface area contributed by atoms with Crippen molar-refractivity contribution in [1.29, 1.82) is 0 Å². The van der Waals surface area contributed by atoms with Crippen LogP contribution in [0.25, 0.3) is 5.76 Å². The number of Topliss-reactive ketones (excluding diaryl/α,β-unsaturated/α-hetero) is 1. The molecule has 4 rings (SSSR count). The first kappa shape index (κ1) is 28.6. The van der Waals surface area contributed by atoms with Gasteiger partial charge in [-0.2, -0.15) is 0 Å². The second kappa shape index (κ2) is 11.0. The topological polar surface area (TPSA) is 95.9 Å². The lowest BCUT2D eigenvalue weighted by Gasteiger charge is -2.27. The maximum absolute atomic E-state index is 13.5. The number of anilines is 2. The Hall–Kier alpha value is -4.39. The fourth-order valence-corrected chi connectivity index (χ4v) is 4.83. The number of aliphatic hydroxyl groups excluding tert-OH is 1. The largest absolute Gasteiger partial charge is 0.507 e. The highest BCUT2D eigenvalue weighted by Crippen LogP contribution is 2.43. The first-order valence-corrected chi connectivity index (χ1v) is 13.3. The second-order valence-corrected chi connectivity index (χ2v) is 11.4. The molecule has 1 saturated heterocycles. The summed E-state index contributed by atoms with van der Waals surface area (Å²) in [5.74, 6) is -1.30. The zero-order valence-corrected chi connectivity index (χ0v) is 24.0. The van der Waals surface area contributed by atoms with Crippen molar-refractivity contribution in [3.05, 3.63) is 94.6 Å². The van der Waals surface area contributed by atoms with Crippen LogP contribution in [0.4, 0.5) is 11.4 Å². The number of nitrogens with one attached hydrogen (secondary N) is 1. The lowest BCUT2D eigenvalue weighted by molar-refractivity contribution is -0.132. The summed E-state index contributed by atoms with van der Waals surface area (Å²) in [6, 6.07) is 18.8. The molecule has 1 fully saturated rings. The summed E-state index contributed by atoms with van der Waals surface area (Å²) in [7, 11) is 0. The van der Waals surface area contributed by atoms with Crippen molar-refractivity contribution >= 4 is 34.7 Å². The number of benzene rings is 3. The van der Waals surface area contributed by atoms with Crippen molar-refractivity contribution in [2.75, 3.05) is 10.2 Å². The third-order valence-electron chi connectivity index (χ3n) is 6.81. The molecule has 0 radical (unpaired) electrons. The van der Waals surface area contributed by atoms with Gasteiger partial charge in [0.1, 0.15) is 11.5 Å². The molecule has 208 valence electrons. The van der Waals surface area contributed by atoms with Gasteiger partial charge >= 0.3 is 0 Å². The smallest absolute Gasteiger partial charge is 0.300 e. The highest BCUT2D eigenvalue weighted by Gasteiger charge is 2.47. The van der Waals surface area contributed by atoms with Crippen LogP contribution in [0.5, 0.6) is 5.75 Å². The van der Waals surface area contributed by atoms with Gasteiger partial charge in [-0.15, -0.1) is 0 Å². The SMILES string of the molecule is CC(=O)Nc1ccc(N2C(=O)C(=O)/C(=C(\O)c3ccc(OC(C)C)c(C)c3)C2c2ccc(C(C)(C)C)cc2)cc1. The Labute approximate surface area is 235 Å². The Morgan fingerprint density at radius 1 is 0.975 bits per heavy atom. The van der Waals surface area contributed by atoms with E-state index in [1.807, 2.05) is 45.0 Å². The number of hydrogen-bond donors (Lipinski definition) is 2. The third kappa shape index (κ3) is 5.78. The lowest BCUT2D eigenvalue weighted by Crippen LogP contribution is -2.29. The zero-order chi connectivity index (χ0) is 29.4. The summed E-state index contributed by atoms with van der Waals surface area (Å²) >= 11 is 0. The molecule has 0 aromatic heterocycles. The van der Waals surface area contributed by atoms with Gasteiger partial charge in [0.2, 0.25) is 5.91 Å². The minimum atomic E-state index is -0.854. The van der Waals surface area contributed by atoms with E-state index in [0.717, 1.165) is 11.1 Å². The van der Waals surface area contributed by atoms with Crippen molar-refractivity contribution in [3.63, 3.8) is 0 Å². The van der Waals surface area contributed by atoms with Gasteiger partial charge in [-0.05, 0) is 85.3 Å². The summed E-state index contributed by atoms with van der Waals surface area (Å²) in [6.07, 6.45) is -0.0171. The predicted octanol–water partition coefficient (Wildman–Crippen LogP) is 6.66. The fourth-order valence-electron chi connectivity index (χ4n) is 4.83. The summed E-state index contributed by atoms with van der Waals surface area (Å²) in [6.45, 7) is 13.5. The Bertz CT molecular complexity index is 1480. The van der Waals surface area contributed by atoms with Gasteiger partial charge in [0.25, 0.3) is 11.7 Å². The number of rotatable bonds is 6. The Kier molecular flexibility index (Phi) is 7.87. The minimum absolute atomic E-state index is 0.0105. The molecule has 0 bridgehead atoms. The van der Waals surface area contributed by atoms with Gasteiger partial charge in [0.05, 0.1) is 17.7 Å². The highest BCUT2D eigenvalue weighted by molar-refractivity contribution is 6.51. The van der Waals surface area contributed by atoms with Gasteiger partial charge in [-0.3, -0.25) is 19.3 Å². The highest BCUT2D eigenvalue weighted by atomic mass is 16.5. The third-order valence-corrected chi connectivity index (χ3v) is 6.81. The quantitative estimate of drug-likeness (QED) is 0.207. The van der Waals surface area contributed by atoms with Crippen molar-refractivity contribution in [2.24, 2.45) is 0 Å². The molecule has 2 amide bonds. The summed E-state index contributed by atoms with van der Waals surface area (Å²) in [5.41, 5.74) is 3.97. The Morgan fingerprint density at radius 3 is 2.12 bits per heavy atom. The number of hydrogen-bond acceptors (Lipinski definition) is 5. The number of carbonyl (C=O) groups excluding carboxylic acids is 3. The van der Waals surface area contributed by atoms with Gasteiger partial charge in [-0.25, -0.2) is 0 Å². The van der Waals surface area contributed by atoms with Crippen molar-refractivity contribution < 1.29 is 24.2 Å². The normalized spacial score (nSPS) is 16.9. The van der Waals surface area contributed by atoms with E-state index in [0.29, 0.717) is 28.3 Å². The average molecular weight is 541 g/mol. The molecule has 1 atom stereocenters. The molecule has 0 spiro atoms. The van der Waals surface area contributed by atoms with Crippen LogP contribution in [0.3, 0.4) is 0 Å². The summed E-state index contributed by atoms with van der Waals surface area (Å²) in [4.78, 5) is 39.9. The van der Waals surface area contributed by atoms with Gasteiger partial charge in [0, 0.05) is 23.9 Å². The lowest BCUT2D eigenvalue weighted by atomic mass is 9.85. The average Bonchev–Trinajstić information content (AvgIpc) is 3.14. The number of carbonyl (C=O) groups is 3. The second-order valence-electron chi connectivity index (χ2n) is 11.4. The number of amides is 2. The van der Waals surface area contributed by atoms with E-state index >= 15 is 0 Å². The van der Waals surface area contributed by atoms with Gasteiger partial charge < -0.3 is 15.2 Å². The van der Waals surface area contributed by atoms with Gasteiger partial charge in [-0.1, -0.05) is 45.0 Å². The first-order valence-electron chi connectivity index (χ1n) is 13.3. The Balaban J connectivity index is 1.86. The zero-order valence-electron chi connectivity index (χ0n) is 24.0. The molecule has 7 nitrogen and oxygen atoms in total. The molecule has 3 aromatic carbocycles. The van der Waals surface area contributed by atoms with Crippen LogP contribution in [-0.4, -0.2) is 28.8 Å². The molecule has 40 heavy (non-hydrogen) atoms. The van der Waals surface area contributed by atoms with E-state index in [1.165, 1.54) is 11.8 Å². The molecule has 1 heterocycles. The van der Waals surface area contributed by atoms with Crippen molar-refractivity contribution in [2.45, 2.75) is 66.0 Å². The van der Waals surface area contributed by atoms with Crippen molar-refractivity contribution in [1.82, 2.24) is 0 Å². The van der Waals surface area contributed by atoms with Crippen molar-refractivity contribution in [3.8, 4) is 5.75 Å². The molecule has 1 aliphatic heterocycles. The van der Waals surface area contributed by atoms with Crippen LogP contribution in [-0.2, 0) is 19.8 Å². The molecule has 1 unspecified atom stereocenters. The molecular weight excluding hydrogens is 504 g/mol. The molecular formula is C33H36N2O5. The number of ketones is 1. The predicted molar refractivity (Wildman–Crippen MR) is 158 cm³/mol. The molecule has 1 aliphatic rings. The molecule has 7 heteroatoms. The van der Waals surface area contributed by atoms with E-state index in [2.05, 4.69) is 26.1 Å². The molecule has 0 saturated carbocycles. The molecule has 2 N–H and O–H groups in total. The fraction of sp³-hybridized carbons (Fsp3) is 0.303.